The Morgan fingerprint density at radius 3 is 2.48 bits per heavy atom. The molecule has 0 aliphatic carbocycles. The van der Waals surface area contributed by atoms with Crippen molar-refractivity contribution in [3.63, 3.8) is 0 Å². The van der Waals surface area contributed by atoms with E-state index in [0.29, 0.717) is 35.6 Å². The fourth-order valence-corrected chi connectivity index (χ4v) is 2.14. The number of hydrogen-bond donors (Lipinski definition) is 0. The summed E-state index contributed by atoms with van der Waals surface area (Å²) in [5.41, 5.74) is 1.18. The van der Waals surface area contributed by atoms with Crippen LogP contribution in [0.15, 0.2) is 41.2 Å². The molecular weight excluding hydrogens is 316 g/mol. The summed E-state index contributed by atoms with van der Waals surface area (Å²) in [6, 6.07) is 7.98. The van der Waals surface area contributed by atoms with E-state index < -0.39 is 0 Å². The molecule has 0 amide bonds. The van der Waals surface area contributed by atoms with Crippen molar-refractivity contribution < 1.29 is 9.26 Å². The minimum absolute atomic E-state index is 0.364. The molecule has 0 atom stereocenters. The summed E-state index contributed by atoms with van der Waals surface area (Å²) in [6.45, 7) is 2.63. The molecule has 0 aliphatic heterocycles. The number of halogens is 1. The van der Waals surface area contributed by atoms with Crippen LogP contribution in [-0.2, 0) is 12.8 Å². The Labute approximate surface area is 138 Å². The van der Waals surface area contributed by atoms with Gasteiger partial charge >= 0.3 is 0 Å². The molecule has 2 heterocycles. The quantitative estimate of drug-likeness (QED) is 0.690. The average Bonchev–Trinajstić information content (AvgIpc) is 3.04. The second-order valence-electron chi connectivity index (χ2n) is 4.81. The summed E-state index contributed by atoms with van der Waals surface area (Å²) in [6.07, 6.45) is 4.45. The lowest BCUT2D eigenvalue weighted by Gasteiger charge is -2.03. The molecule has 0 saturated heterocycles. The summed E-state index contributed by atoms with van der Waals surface area (Å²) >= 11 is 5.75. The van der Waals surface area contributed by atoms with Crippen LogP contribution in [0.3, 0.4) is 0 Å². The van der Waals surface area contributed by atoms with E-state index in [1.54, 1.807) is 0 Å². The molecule has 3 aromatic rings. The van der Waals surface area contributed by atoms with E-state index in [9.17, 15) is 0 Å². The maximum atomic E-state index is 5.75. The van der Waals surface area contributed by atoms with E-state index in [1.165, 1.54) is 18.0 Å². The van der Waals surface area contributed by atoms with Crippen molar-refractivity contribution in [2.75, 3.05) is 6.61 Å². The van der Waals surface area contributed by atoms with E-state index in [-0.39, 0.29) is 0 Å². The maximum absolute atomic E-state index is 5.75. The van der Waals surface area contributed by atoms with E-state index in [0.717, 1.165) is 12.2 Å². The van der Waals surface area contributed by atoms with Crippen LogP contribution in [0, 0.1) is 0 Å². The summed E-state index contributed by atoms with van der Waals surface area (Å²) in [5, 5.41) is 4.36. The van der Waals surface area contributed by atoms with Crippen LogP contribution in [0.4, 0.5) is 0 Å². The maximum Gasteiger partial charge on any atom is 0.240 e. The number of aromatic nitrogens is 4. The third-order valence-electron chi connectivity index (χ3n) is 3.15. The van der Waals surface area contributed by atoms with E-state index in [4.69, 9.17) is 20.9 Å². The normalized spacial score (nSPS) is 10.7. The lowest BCUT2D eigenvalue weighted by atomic mass is 10.1. The molecule has 3 rings (SSSR count). The van der Waals surface area contributed by atoms with Gasteiger partial charge in [0.2, 0.25) is 17.5 Å². The second-order valence-corrected chi connectivity index (χ2v) is 5.25. The molecule has 0 fully saturated rings. The summed E-state index contributed by atoms with van der Waals surface area (Å²) in [4.78, 5) is 12.4. The van der Waals surface area contributed by atoms with Crippen molar-refractivity contribution in [3.8, 4) is 17.4 Å². The first kappa shape index (κ1) is 15.4. The van der Waals surface area contributed by atoms with Crippen LogP contribution in [0.25, 0.3) is 11.6 Å². The van der Waals surface area contributed by atoms with Gasteiger partial charge in [0, 0.05) is 18.8 Å². The van der Waals surface area contributed by atoms with Gasteiger partial charge < -0.3 is 9.26 Å². The number of benzene rings is 1. The molecule has 0 bridgehead atoms. The van der Waals surface area contributed by atoms with Crippen LogP contribution in [-0.4, -0.2) is 26.7 Å². The van der Waals surface area contributed by atoms with Crippen molar-refractivity contribution >= 4 is 11.6 Å². The number of rotatable bonds is 6. The van der Waals surface area contributed by atoms with Gasteiger partial charge in [-0.05, 0) is 31.0 Å². The molecular formula is C16H15ClN4O2. The third-order valence-corrected chi connectivity index (χ3v) is 3.35. The largest absolute Gasteiger partial charge is 0.494 e. The molecule has 118 valence electrons. The van der Waals surface area contributed by atoms with E-state index in [2.05, 4.69) is 20.1 Å². The molecule has 23 heavy (non-hydrogen) atoms. The molecule has 2 aromatic heterocycles. The van der Waals surface area contributed by atoms with Gasteiger partial charge in [0.25, 0.3) is 0 Å². The van der Waals surface area contributed by atoms with Crippen LogP contribution in [0.1, 0.15) is 18.4 Å². The minimum atomic E-state index is 0.364. The predicted molar refractivity (Wildman–Crippen MR) is 85.4 cm³/mol. The Morgan fingerprint density at radius 2 is 1.78 bits per heavy atom. The van der Waals surface area contributed by atoms with Gasteiger partial charge in [-0.15, -0.1) is 0 Å². The predicted octanol–water partition coefficient (Wildman–Crippen LogP) is 3.36. The highest BCUT2D eigenvalue weighted by atomic mass is 35.5. The van der Waals surface area contributed by atoms with Crippen LogP contribution in [0.2, 0.25) is 5.02 Å². The molecule has 0 saturated carbocycles. The molecule has 6 nitrogen and oxygen atoms in total. The number of nitrogens with zero attached hydrogens (tertiary/aromatic N) is 4. The summed E-state index contributed by atoms with van der Waals surface area (Å²) < 4.78 is 10.7. The summed E-state index contributed by atoms with van der Waals surface area (Å²) in [5.74, 6) is 2.18. The first-order valence-corrected chi connectivity index (χ1v) is 7.64. The average molecular weight is 331 g/mol. The summed E-state index contributed by atoms with van der Waals surface area (Å²) in [7, 11) is 0. The first-order chi connectivity index (χ1) is 11.2. The Hall–Kier alpha value is -2.47. The lowest BCUT2D eigenvalue weighted by Crippen LogP contribution is -1.94. The Morgan fingerprint density at radius 1 is 1.04 bits per heavy atom. The lowest BCUT2D eigenvalue weighted by molar-refractivity contribution is 0.340. The Bertz CT molecular complexity index is 757. The fourth-order valence-electron chi connectivity index (χ4n) is 2.05. The topological polar surface area (TPSA) is 73.9 Å². The Kier molecular flexibility index (Phi) is 4.83. The first-order valence-electron chi connectivity index (χ1n) is 7.27. The van der Waals surface area contributed by atoms with Gasteiger partial charge in [0.05, 0.1) is 11.6 Å². The number of aryl methyl sites for hydroxylation is 2. The van der Waals surface area contributed by atoms with Crippen LogP contribution in [0.5, 0.6) is 5.75 Å². The van der Waals surface area contributed by atoms with Gasteiger partial charge in [-0.2, -0.15) is 4.98 Å². The highest BCUT2D eigenvalue weighted by molar-refractivity contribution is 6.30. The second kappa shape index (κ2) is 7.19. The molecule has 0 aliphatic rings. The molecule has 0 unspecified atom stereocenters. The molecule has 1 aromatic carbocycles. The Balaban J connectivity index is 1.61. The van der Waals surface area contributed by atoms with Gasteiger partial charge in [0.1, 0.15) is 5.75 Å². The van der Waals surface area contributed by atoms with Crippen molar-refractivity contribution in [2.45, 2.75) is 19.8 Å². The van der Waals surface area contributed by atoms with Gasteiger partial charge in [0.15, 0.2) is 0 Å². The smallest absolute Gasteiger partial charge is 0.240 e. The zero-order valence-electron chi connectivity index (χ0n) is 12.6. The molecule has 0 spiro atoms. The third kappa shape index (κ3) is 4.04. The monoisotopic (exact) mass is 330 g/mol. The zero-order valence-corrected chi connectivity index (χ0v) is 13.3. The standard InChI is InChI=1S/C16H15ClN4O2/c1-2-22-13-6-3-11(4-7-13)5-8-14-20-16(21-23-14)15-18-9-12(17)10-19-15/h3-4,6-7,9-10H,2,5,8H2,1H3. The van der Waals surface area contributed by atoms with Crippen molar-refractivity contribution in [1.82, 2.24) is 20.1 Å². The zero-order chi connectivity index (χ0) is 16.1. The van der Waals surface area contributed by atoms with Crippen LogP contribution < -0.4 is 4.74 Å². The highest BCUT2D eigenvalue weighted by Gasteiger charge is 2.11. The molecule has 0 radical (unpaired) electrons. The molecule has 0 N–H and O–H groups in total. The highest BCUT2D eigenvalue weighted by Crippen LogP contribution is 2.15. The van der Waals surface area contributed by atoms with Crippen molar-refractivity contribution in [3.05, 3.63) is 53.1 Å². The number of ether oxygens (including phenoxy) is 1. The SMILES string of the molecule is CCOc1ccc(CCc2nc(-c3ncc(Cl)cn3)no2)cc1. The van der Waals surface area contributed by atoms with Gasteiger partial charge in [-0.3, -0.25) is 0 Å². The van der Waals surface area contributed by atoms with E-state index >= 15 is 0 Å². The van der Waals surface area contributed by atoms with E-state index in [1.807, 2.05) is 31.2 Å². The van der Waals surface area contributed by atoms with Crippen molar-refractivity contribution in [1.29, 1.82) is 0 Å². The van der Waals surface area contributed by atoms with Gasteiger partial charge in [-0.1, -0.05) is 28.9 Å². The minimum Gasteiger partial charge on any atom is -0.494 e. The fraction of sp³-hybridized carbons (Fsp3) is 0.250. The van der Waals surface area contributed by atoms with Crippen LogP contribution >= 0.6 is 11.6 Å². The number of hydrogen-bond acceptors (Lipinski definition) is 6. The van der Waals surface area contributed by atoms with Crippen molar-refractivity contribution in [2.24, 2.45) is 0 Å². The van der Waals surface area contributed by atoms with Gasteiger partial charge in [-0.25, -0.2) is 9.97 Å². The molecule has 7 heteroatoms.